The molecule has 1 aromatic rings. The van der Waals surface area contributed by atoms with Gasteiger partial charge in [0.2, 0.25) is 5.91 Å². The third-order valence-corrected chi connectivity index (χ3v) is 3.58. The number of piperidine rings is 1. The molecule has 2 atom stereocenters. The quantitative estimate of drug-likeness (QED) is 0.872. The van der Waals surface area contributed by atoms with E-state index in [0.29, 0.717) is 0 Å². The molecule has 4 heteroatoms. The van der Waals surface area contributed by atoms with Crippen molar-refractivity contribution in [1.29, 1.82) is 0 Å². The molecule has 1 heterocycles. The first-order chi connectivity index (χ1) is 9.20. The number of ether oxygens (including phenoxy) is 1. The van der Waals surface area contributed by atoms with E-state index in [9.17, 15) is 4.79 Å². The molecule has 1 amide bonds. The lowest BCUT2D eigenvalue weighted by molar-refractivity contribution is -0.124. The summed E-state index contributed by atoms with van der Waals surface area (Å²) in [5, 5.41) is 6.32. The number of hydrogen-bond acceptors (Lipinski definition) is 3. The molecule has 2 rings (SSSR count). The van der Waals surface area contributed by atoms with Gasteiger partial charge in [0.1, 0.15) is 5.75 Å². The van der Waals surface area contributed by atoms with Gasteiger partial charge >= 0.3 is 0 Å². The summed E-state index contributed by atoms with van der Waals surface area (Å²) in [6, 6.07) is 7.75. The van der Waals surface area contributed by atoms with Crippen LogP contribution in [0.3, 0.4) is 0 Å². The molecular weight excluding hydrogens is 240 g/mol. The van der Waals surface area contributed by atoms with Crippen LogP contribution in [0.1, 0.15) is 37.8 Å². The summed E-state index contributed by atoms with van der Waals surface area (Å²) in [6.45, 7) is 2.93. The van der Waals surface area contributed by atoms with Crippen LogP contribution in [0.15, 0.2) is 24.3 Å². The maximum atomic E-state index is 12.1. The highest BCUT2D eigenvalue weighted by Gasteiger charge is 2.22. The monoisotopic (exact) mass is 262 g/mol. The van der Waals surface area contributed by atoms with Gasteiger partial charge in [-0.3, -0.25) is 4.79 Å². The minimum Gasteiger partial charge on any atom is -0.497 e. The Labute approximate surface area is 114 Å². The van der Waals surface area contributed by atoms with Crippen LogP contribution in [0.2, 0.25) is 0 Å². The van der Waals surface area contributed by atoms with Crippen molar-refractivity contribution in [3.63, 3.8) is 0 Å². The number of benzene rings is 1. The Bertz CT molecular complexity index is 428. The Morgan fingerprint density at radius 2 is 2.32 bits per heavy atom. The lowest BCUT2D eigenvalue weighted by Crippen LogP contribution is -2.47. The van der Waals surface area contributed by atoms with E-state index in [1.807, 2.05) is 31.2 Å². The van der Waals surface area contributed by atoms with E-state index in [1.165, 1.54) is 0 Å². The third-order valence-electron chi connectivity index (χ3n) is 3.58. The van der Waals surface area contributed by atoms with E-state index in [2.05, 4.69) is 10.6 Å². The van der Waals surface area contributed by atoms with Crippen molar-refractivity contribution in [3.05, 3.63) is 29.8 Å². The number of carbonyl (C=O) groups excluding carboxylic acids is 1. The lowest BCUT2D eigenvalue weighted by Gasteiger charge is -2.24. The lowest BCUT2D eigenvalue weighted by atomic mass is 10.0. The van der Waals surface area contributed by atoms with Crippen molar-refractivity contribution in [2.45, 2.75) is 38.3 Å². The summed E-state index contributed by atoms with van der Waals surface area (Å²) >= 11 is 0. The molecule has 1 aliphatic rings. The van der Waals surface area contributed by atoms with Crippen molar-refractivity contribution in [1.82, 2.24) is 10.6 Å². The summed E-state index contributed by atoms with van der Waals surface area (Å²) < 4.78 is 5.20. The standard InChI is InChI=1S/C15H22N2O2/c1-11(12-6-5-7-13(10-12)19-2)17-15(18)14-8-3-4-9-16-14/h5-7,10-11,14,16H,3-4,8-9H2,1-2H3,(H,17,18)/t11-,14-/m0/s1. The van der Waals surface area contributed by atoms with Crippen molar-refractivity contribution < 1.29 is 9.53 Å². The van der Waals surface area contributed by atoms with Crippen LogP contribution in [0, 0.1) is 0 Å². The van der Waals surface area contributed by atoms with Crippen molar-refractivity contribution in [2.75, 3.05) is 13.7 Å². The normalized spacial score (nSPS) is 20.6. The zero-order valence-electron chi connectivity index (χ0n) is 11.6. The summed E-state index contributed by atoms with van der Waals surface area (Å²) in [6.07, 6.45) is 3.21. The summed E-state index contributed by atoms with van der Waals surface area (Å²) in [4.78, 5) is 12.1. The molecule has 2 N–H and O–H groups in total. The van der Waals surface area contributed by atoms with Crippen LogP contribution in [0.5, 0.6) is 5.75 Å². The Morgan fingerprint density at radius 1 is 1.47 bits per heavy atom. The fourth-order valence-corrected chi connectivity index (χ4v) is 2.38. The molecule has 0 saturated carbocycles. The van der Waals surface area contributed by atoms with Gasteiger partial charge in [-0.05, 0) is 44.0 Å². The zero-order valence-corrected chi connectivity index (χ0v) is 11.6. The smallest absolute Gasteiger partial charge is 0.237 e. The first-order valence-electron chi connectivity index (χ1n) is 6.88. The number of rotatable bonds is 4. The van der Waals surface area contributed by atoms with Crippen LogP contribution in [-0.4, -0.2) is 25.6 Å². The van der Waals surface area contributed by atoms with Gasteiger partial charge < -0.3 is 15.4 Å². The Kier molecular flexibility index (Phi) is 4.80. The fraction of sp³-hybridized carbons (Fsp3) is 0.533. The highest BCUT2D eigenvalue weighted by atomic mass is 16.5. The molecule has 0 unspecified atom stereocenters. The molecule has 0 spiro atoms. The molecule has 0 aromatic heterocycles. The van der Waals surface area contributed by atoms with Crippen LogP contribution in [0.25, 0.3) is 0 Å². The molecule has 4 nitrogen and oxygen atoms in total. The molecular formula is C15H22N2O2. The van der Waals surface area contributed by atoms with E-state index < -0.39 is 0 Å². The van der Waals surface area contributed by atoms with Crippen LogP contribution in [0.4, 0.5) is 0 Å². The molecule has 1 aliphatic heterocycles. The largest absolute Gasteiger partial charge is 0.497 e. The van der Waals surface area contributed by atoms with Gasteiger partial charge in [0.15, 0.2) is 0 Å². The van der Waals surface area contributed by atoms with Gasteiger partial charge in [0.25, 0.3) is 0 Å². The van der Waals surface area contributed by atoms with E-state index in [0.717, 1.165) is 37.1 Å². The Morgan fingerprint density at radius 3 is 3.00 bits per heavy atom. The second-order valence-corrected chi connectivity index (χ2v) is 5.01. The van der Waals surface area contributed by atoms with Crippen molar-refractivity contribution in [3.8, 4) is 5.75 Å². The fourth-order valence-electron chi connectivity index (χ4n) is 2.38. The maximum Gasteiger partial charge on any atom is 0.237 e. The van der Waals surface area contributed by atoms with Crippen LogP contribution < -0.4 is 15.4 Å². The minimum atomic E-state index is -0.0400. The molecule has 0 aliphatic carbocycles. The predicted octanol–water partition coefficient (Wildman–Crippen LogP) is 2.01. The molecule has 1 aromatic carbocycles. The van der Waals surface area contributed by atoms with E-state index >= 15 is 0 Å². The summed E-state index contributed by atoms with van der Waals surface area (Å²) in [5.41, 5.74) is 1.06. The topological polar surface area (TPSA) is 50.4 Å². The van der Waals surface area contributed by atoms with Gasteiger partial charge in [-0.2, -0.15) is 0 Å². The predicted molar refractivity (Wildman–Crippen MR) is 75.2 cm³/mol. The SMILES string of the molecule is COc1cccc([C@H](C)NC(=O)[C@@H]2CCCCN2)c1. The molecule has 1 saturated heterocycles. The molecule has 0 radical (unpaired) electrons. The van der Waals surface area contributed by atoms with Gasteiger partial charge in [-0.15, -0.1) is 0 Å². The Hall–Kier alpha value is -1.55. The van der Waals surface area contributed by atoms with Crippen LogP contribution >= 0.6 is 0 Å². The molecule has 104 valence electrons. The maximum absolute atomic E-state index is 12.1. The Balaban J connectivity index is 1.95. The number of nitrogens with one attached hydrogen (secondary N) is 2. The average molecular weight is 262 g/mol. The number of hydrogen-bond donors (Lipinski definition) is 2. The van der Waals surface area contributed by atoms with Crippen molar-refractivity contribution >= 4 is 5.91 Å². The van der Waals surface area contributed by atoms with E-state index in [-0.39, 0.29) is 18.0 Å². The zero-order chi connectivity index (χ0) is 13.7. The van der Waals surface area contributed by atoms with E-state index in [1.54, 1.807) is 7.11 Å². The highest BCUT2D eigenvalue weighted by molar-refractivity contribution is 5.82. The van der Waals surface area contributed by atoms with Crippen LogP contribution in [-0.2, 0) is 4.79 Å². The molecule has 1 fully saturated rings. The molecule has 19 heavy (non-hydrogen) atoms. The van der Waals surface area contributed by atoms with Gasteiger partial charge in [0.05, 0.1) is 19.2 Å². The number of amides is 1. The number of methoxy groups -OCH3 is 1. The van der Waals surface area contributed by atoms with E-state index in [4.69, 9.17) is 4.74 Å². The third kappa shape index (κ3) is 3.70. The molecule has 0 bridgehead atoms. The first-order valence-corrected chi connectivity index (χ1v) is 6.88. The summed E-state index contributed by atoms with van der Waals surface area (Å²) in [5.74, 6) is 0.907. The second-order valence-electron chi connectivity index (χ2n) is 5.01. The van der Waals surface area contributed by atoms with Gasteiger partial charge in [-0.1, -0.05) is 18.6 Å². The first kappa shape index (κ1) is 13.9. The highest BCUT2D eigenvalue weighted by Crippen LogP contribution is 2.19. The van der Waals surface area contributed by atoms with Crippen molar-refractivity contribution in [2.24, 2.45) is 0 Å². The minimum absolute atomic E-state index is 0.00803. The average Bonchev–Trinajstić information content (AvgIpc) is 2.48. The van der Waals surface area contributed by atoms with Gasteiger partial charge in [0, 0.05) is 0 Å². The number of carbonyl (C=O) groups is 1. The second kappa shape index (κ2) is 6.57. The summed E-state index contributed by atoms with van der Waals surface area (Å²) in [7, 11) is 1.65. The van der Waals surface area contributed by atoms with Gasteiger partial charge in [-0.25, -0.2) is 0 Å².